The fraction of sp³-hybridized carbons (Fsp3) is 0.857. The van der Waals surface area contributed by atoms with Crippen LogP contribution in [0.2, 0.25) is 0 Å². The van der Waals surface area contributed by atoms with Crippen molar-refractivity contribution in [3.63, 3.8) is 0 Å². The average Bonchev–Trinajstić information content (AvgIpc) is 2.77. The van der Waals surface area contributed by atoms with Gasteiger partial charge in [-0.1, -0.05) is 0 Å². The smallest absolute Gasteiger partial charge is 0.328 e. The molecule has 0 aliphatic carbocycles. The zero-order chi connectivity index (χ0) is 23.3. The van der Waals surface area contributed by atoms with Crippen molar-refractivity contribution in [3.05, 3.63) is 0 Å². The van der Waals surface area contributed by atoms with E-state index in [4.69, 9.17) is 25.9 Å². The van der Waals surface area contributed by atoms with Gasteiger partial charge in [0.2, 0.25) is 0 Å². The molecule has 4 unspecified atom stereocenters. The van der Waals surface area contributed by atoms with Gasteiger partial charge in [0.1, 0.15) is 48.8 Å². The maximum absolute atomic E-state index is 11.2. The number of nitrogens with two attached hydrogens (primary N) is 2. The largest absolute Gasteiger partial charge is 0.388 e. The second-order valence-corrected chi connectivity index (χ2v) is 6.87. The molecule has 0 bridgehead atoms. The summed E-state index contributed by atoms with van der Waals surface area (Å²) < 4.78 is 16.0. The zero-order valence-electron chi connectivity index (χ0n) is 16.1. The van der Waals surface area contributed by atoms with Gasteiger partial charge >= 0.3 is 12.1 Å². The maximum Gasteiger partial charge on any atom is 0.328 e. The van der Waals surface area contributed by atoms with Crippen molar-refractivity contribution < 1.29 is 54.4 Å². The highest BCUT2D eigenvalue weighted by molar-refractivity contribution is 5.73. The third kappa shape index (κ3) is 6.08. The van der Waals surface area contributed by atoms with Crippen LogP contribution in [0.4, 0.5) is 9.59 Å². The van der Waals surface area contributed by atoms with Crippen molar-refractivity contribution >= 4 is 12.1 Å². The first-order chi connectivity index (χ1) is 14.6. The molecule has 17 nitrogen and oxygen atoms in total. The van der Waals surface area contributed by atoms with Crippen LogP contribution in [0, 0.1) is 0 Å². The lowest BCUT2D eigenvalue weighted by atomic mass is 9.97. The Kier molecular flexibility index (Phi) is 9.09. The van der Waals surface area contributed by atoms with E-state index < -0.39 is 73.5 Å². The van der Waals surface area contributed by atoms with Crippen LogP contribution in [0.25, 0.3) is 0 Å². The number of ether oxygens (including phenoxy) is 3. The lowest BCUT2D eigenvalue weighted by Gasteiger charge is -2.45. The molecule has 10 atom stereocenters. The lowest BCUT2D eigenvalue weighted by Crippen LogP contribution is -2.65. The van der Waals surface area contributed by atoms with Gasteiger partial charge in [-0.15, -0.1) is 0 Å². The van der Waals surface area contributed by atoms with Crippen molar-refractivity contribution in [1.29, 1.82) is 0 Å². The fourth-order valence-corrected chi connectivity index (χ4v) is 3.02. The quantitative estimate of drug-likeness (QED) is 0.101. The maximum atomic E-state index is 11.2. The summed E-state index contributed by atoms with van der Waals surface area (Å²) in [7, 11) is 0. The molecule has 2 heterocycles. The van der Waals surface area contributed by atoms with Gasteiger partial charge in [0, 0.05) is 13.1 Å². The van der Waals surface area contributed by atoms with Gasteiger partial charge in [-0.25, -0.2) is 21.3 Å². The van der Waals surface area contributed by atoms with Gasteiger partial charge < -0.3 is 55.5 Å². The summed E-state index contributed by atoms with van der Waals surface area (Å²) in [5, 5.41) is 64.9. The van der Waals surface area contributed by atoms with Gasteiger partial charge in [0.15, 0.2) is 12.6 Å². The predicted molar refractivity (Wildman–Crippen MR) is 95.9 cm³/mol. The molecule has 17 heteroatoms. The van der Waals surface area contributed by atoms with Crippen LogP contribution in [0.3, 0.4) is 0 Å². The highest BCUT2D eigenvalue weighted by Crippen LogP contribution is 2.28. The normalized spacial score (nSPS) is 40.6. The topological polar surface area (TPSA) is 283 Å². The number of carbonyl (C=O) groups is 2. The molecular weight excluding hydrogens is 428 g/mol. The Hall–Kier alpha value is -1.90. The van der Waals surface area contributed by atoms with Crippen LogP contribution in [0.5, 0.6) is 0 Å². The van der Waals surface area contributed by atoms with Crippen molar-refractivity contribution in [2.75, 3.05) is 13.1 Å². The van der Waals surface area contributed by atoms with Crippen molar-refractivity contribution in [1.82, 2.24) is 21.5 Å². The van der Waals surface area contributed by atoms with Crippen LogP contribution in [0.1, 0.15) is 0 Å². The minimum atomic E-state index is -1.81. The van der Waals surface area contributed by atoms with Gasteiger partial charge in [-0.05, 0) is 0 Å². The Balaban J connectivity index is 2.06. The number of amides is 4. The van der Waals surface area contributed by atoms with E-state index in [2.05, 4.69) is 10.6 Å². The van der Waals surface area contributed by atoms with E-state index in [1.54, 1.807) is 10.9 Å². The van der Waals surface area contributed by atoms with Crippen LogP contribution in [-0.2, 0) is 14.2 Å². The van der Waals surface area contributed by atoms with Crippen LogP contribution >= 0.6 is 0 Å². The number of hydrogen-bond acceptors (Lipinski definition) is 13. The number of rotatable bonds is 6. The van der Waals surface area contributed by atoms with Crippen molar-refractivity contribution in [2.45, 2.75) is 61.4 Å². The number of carbonyl (C=O) groups excluding carboxylic acids is 2. The Morgan fingerprint density at radius 2 is 1.03 bits per heavy atom. The number of aliphatic hydroxyl groups excluding tert-OH is 6. The summed E-state index contributed by atoms with van der Waals surface area (Å²) in [4.78, 5) is 22.4. The second kappa shape index (κ2) is 11.1. The molecule has 180 valence electrons. The summed E-state index contributed by atoms with van der Waals surface area (Å²) >= 11 is 0. The molecule has 2 rings (SSSR count). The van der Waals surface area contributed by atoms with Gasteiger partial charge in [0.05, 0.1) is 0 Å². The molecule has 0 radical (unpaired) electrons. The molecule has 0 aromatic rings. The van der Waals surface area contributed by atoms with Crippen molar-refractivity contribution in [3.8, 4) is 0 Å². The van der Waals surface area contributed by atoms with E-state index in [0.717, 1.165) is 0 Å². The first-order valence-electron chi connectivity index (χ1n) is 9.14. The molecule has 4 amide bonds. The number of hydrazine groups is 2. The number of aliphatic hydroxyl groups is 6. The third-order valence-corrected chi connectivity index (χ3v) is 4.80. The molecule has 2 fully saturated rings. The van der Waals surface area contributed by atoms with Crippen molar-refractivity contribution in [2.24, 2.45) is 11.7 Å². The molecule has 0 aromatic heterocycles. The molecule has 2 saturated heterocycles. The summed E-state index contributed by atoms with van der Waals surface area (Å²) in [5.74, 6) is 9.84. The van der Waals surface area contributed by atoms with Gasteiger partial charge in [-0.2, -0.15) is 0 Å². The van der Waals surface area contributed by atoms with Crippen LogP contribution < -0.4 is 33.2 Å². The van der Waals surface area contributed by atoms with E-state index in [0.29, 0.717) is 0 Å². The van der Waals surface area contributed by atoms with Gasteiger partial charge in [0.25, 0.3) is 0 Å². The minimum Gasteiger partial charge on any atom is -0.388 e. The number of hydrogen-bond donors (Lipinski definition) is 12. The first-order valence-corrected chi connectivity index (χ1v) is 9.14. The molecule has 0 spiro atoms. The molecule has 31 heavy (non-hydrogen) atoms. The van der Waals surface area contributed by atoms with E-state index in [-0.39, 0.29) is 13.1 Å². The number of nitrogens with one attached hydrogen (secondary N) is 4. The lowest BCUT2D eigenvalue weighted by molar-refractivity contribution is -0.372. The third-order valence-electron chi connectivity index (χ3n) is 4.80. The van der Waals surface area contributed by atoms with Crippen LogP contribution in [0.15, 0.2) is 0 Å². The van der Waals surface area contributed by atoms with E-state index in [9.17, 15) is 40.2 Å². The highest BCUT2D eigenvalue weighted by atomic mass is 16.8. The molecular formula is C14H28N6O11. The standard InChI is InChI=1S/C14H28N6O11/c15-19-13(27)17-1-3-5(21)7(23)9(25)11(29-3)31-12-10(26)8(24)6(22)4(30-12)2-18-14(28)20-16/h3-12,21-26H,1-2,15-16H2,(H2,17,19,27)(H2,18,20,28)/t3?,4?,5-,6-,7+,8+,9?,10?,11-,12-/m1/s1. The summed E-state index contributed by atoms with van der Waals surface area (Å²) in [5.41, 5.74) is 3.57. The molecule has 2 aliphatic heterocycles. The Morgan fingerprint density at radius 3 is 1.35 bits per heavy atom. The Bertz CT molecular complexity index is 567. The SMILES string of the molecule is NNC(=O)NCC1O[C@H](O[C@H]2OC(CNC(=O)NN)[C@@H](O)[C@H](O)C2O)C(O)[C@@H](O)[C@@H]1O. The molecule has 0 aromatic carbocycles. The fourth-order valence-electron chi connectivity index (χ4n) is 3.02. The van der Waals surface area contributed by atoms with Crippen LogP contribution in [-0.4, -0.2) is 117 Å². The molecule has 0 saturated carbocycles. The monoisotopic (exact) mass is 456 g/mol. The molecule has 2 aliphatic rings. The summed E-state index contributed by atoms with van der Waals surface area (Å²) in [6, 6.07) is -1.62. The second-order valence-electron chi connectivity index (χ2n) is 6.87. The Morgan fingerprint density at radius 1 is 0.677 bits per heavy atom. The Labute approximate surface area is 175 Å². The minimum absolute atomic E-state index is 0.343. The van der Waals surface area contributed by atoms with Gasteiger partial charge in [-0.3, -0.25) is 10.9 Å². The summed E-state index contributed by atoms with van der Waals surface area (Å²) in [6.07, 6.45) is -16.3. The predicted octanol–water partition coefficient (Wildman–Crippen LogP) is -7.04. The van der Waals surface area contributed by atoms with E-state index in [1.807, 2.05) is 0 Å². The number of urea groups is 2. The first kappa shape index (κ1) is 25.4. The van der Waals surface area contributed by atoms with E-state index >= 15 is 0 Å². The summed E-state index contributed by atoms with van der Waals surface area (Å²) in [6.45, 7) is -0.687. The zero-order valence-corrected chi connectivity index (χ0v) is 16.1. The average molecular weight is 456 g/mol. The molecule has 14 N–H and O–H groups in total. The highest BCUT2D eigenvalue weighted by Gasteiger charge is 2.49. The van der Waals surface area contributed by atoms with E-state index in [1.165, 1.54) is 0 Å².